The van der Waals surface area contributed by atoms with Crippen LogP contribution >= 0.6 is 0 Å². The van der Waals surface area contributed by atoms with Gasteiger partial charge in [-0.1, -0.05) is 6.92 Å². The summed E-state index contributed by atoms with van der Waals surface area (Å²) in [6.45, 7) is 3.24. The number of fused-ring (bicyclic) bond motifs is 1. The van der Waals surface area contributed by atoms with E-state index >= 15 is 0 Å². The summed E-state index contributed by atoms with van der Waals surface area (Å²) in [5, 5.41) is 0. The highest BCUT2D eigenvalue weighted by Crippen LogP contribution is 2.63. The van der Waals surface area contributed by atoms with Crippen molar-refractivity contribution in [2.45, 2.75) is 57.8 Å². The van der Waals surface area contributed by atoms with Crippen LogP contribution < -0.4 is 0 Å². The molecule has 5 rings (SSSR count). The van der Waals surface area contributed by atoms with E-state index < -0.39 is 29.7 Å². The molecule has 1 saturated carbocycles. The molecule has 4 aliphatic rings. The fourth-order valence-corrected chi connectivity index (χ4v) is 5.81. The molecule has 1 saturated heterocycles. The number of furan rings is 1. The highest BCUT2D eigenvalue weighted by Gasteiger charge is 2.68. The average Bonchev–Trinajstić information content (AvgIpc) is 3.37. The molecule has 7 heteroatoms. The van der Waals surface area contributed by atoms with Gasteiger partial charge < -0.3 is 18.6 Å². The van der Waals surface area contributed by atoms with Crippen LogP contribution in [0.5, 0.6) is 0 Å². The Bertz CT molecular complexity index is 883. The standard InChI is InChI=1S/C21H22O7/c1-10-17(26-11(2)22)18-16-13(19(23)28-18)4-3-5-14(16)21(10)8-15(27-20(21)24)12-6-7-25-9-12/h6-7,9-10,14-15,17-18H,3-5,8H2,1-2H3/t10-,14+,15+,17+,18-,21-/m1/s1. The minimum atomic E-state index is -0.854. The minimum Gasteiger partial charge on any atom is -0.472 e. The van der Waals surface area contributed by atoms with Gasteiger partial charge >= 0.3 is 17.9 Å². The predicted octanol–water partition coefficient (Wildman–Crippen LogP) is 2.86. The Hall–Kier alpha value is -2.57. The Kier molecular flexibility index (Phi) is 3.73. The van der Waals surface area contributed by atoms with Crippen molar-refractivity contribution < 1.29 is 33.0 Å². The van der Waals surface area contributed by atoms with Gasteiger partial charge in [0.1, 0.15) is 12.2 Å². The molecule has 0 unspecified atom stereocenters. The normalized spacial score (nSPS) is 39.0. The molecule has 7 nitrogen and oxygen atoms in total. The van der Waals surface area contributed by atoms with E-state index in [0.29, 0.717) is 18.4 Å². The van der Waals surface area contributed by atoms with Crippen LogP contribution in [0, 0.1) is 17.3 Å². The van der Waals surface area contributed by atoms with E-state index in [1.165, 1.54) is 6.92 Å². The van der Waals surface area contributed by atoms with Crippen LogP contribution in [0.15, 0.2) is 34.2 Å². The molecular formula is C21H22O7. The molecule has 0 aromatic carbocycles. The van der Waals surface area contributed by atoms with Crippen LogP contribution in [0.3, 0.4) is 0 Å². The Morgan fingerprint density at radius 2 is 2.11 bits per heavy atom. The largest absolute Gasteiger partial charge is 0.472 e. The highest BCUT2D eigenvalue weighted by molar-refractivity contribution is 5.94. The number of hydrogen-bond acceptors (Lipinski definition) is 7. The predicted molar refractivity (Wildman–Crippen MR) is 93.6 cm³/mol. The van der Waals surface area contributed by atoms with Crippen LogP contribution in [-0.2, 0) is 28.6 Å². The van der Waals surface area contributed by atoms with Crippen LogP contribution in [0.1, 0.15) is 51.2 Å². The summed E-state index contributed by atoms with van der Waals surface area (Å²) < 4.78 is 22.2. The molecule has 6 atom stereocenters. The van der Waals surface area contributed by atoms with Crippen molar-refractivity contribution in [3.05, 3.63) is 35.3 Å². The van der Waals surface area contributed by atoms with Crippen LogP contribution in [-0.4, -0.2) is 30.1 Å². The Morgan fingerprint density at radius 1 is 1.29 bits per heavy atom. The zero-order valence-corrected chi connectivity index (χ0v) is 15.8. The van der Waals surface area contributed by atoms with E-state index in [-0.39, 0.29) is 23.8 Å². The smallest absolute Gasteiger partial charge is 0.334 e. The molecule has 2 aliphatic heterocycles. The Morgan fingerprint density at radius 3 is 2.82 bits per heavy atom. The SMILES string of the molecule is CC(=O)O[C@@H]1[C@@H]2OC(=O)C3=C2[C@H](CCC3)[C@@]2(C[C@@H](c3ccoc3)OC2=O)[C@@H]1C. The number of carbonyl (C=O) groups is 3. The van der Waals surface area contributed by atoms with Crippen molar-refractivity contribution in [2.75, 3.05) is 0 Å². The maximum Gasteiger partial charge on any atom is 0.334 e. The van der Waals surface area contributed by atoms with E-state index in [0.717, 1.165) is 24.0 Å². The fourth-order valence-electron chi connectivity index (χ4n) is 5.81. The van der Waals surface area contributed by atoms with E-state index in [1.54, 1.807) is 18.6 Å². The summed E-state index contributed by atoms with van der Waals surface area (Å²) in [5.41, 5.74) is 1.47. The lowest BCUT2D eigenvalue weighted by Crippen LogP contribution is -2.57. The number of esters is 3. The molecular weight excluding hydrogens is 364 g/mol. The second-order valence-corrected chi connectivity index (χ2v) is 8.26. The van der Waals surface area contributed by atoms with Gasteiger partial charge in [0.25, 0.3) is 0 Å². The first-order valence-corrected chi connectivity index (χ1v) is 9.77. The molecule has 148 valence electrons. The first kappa shape index (κ1) is 17.5. The van der Waals surface area contributed by atoms with Gasteiger partial charge in [0.15, 0.2) is 6.10 Å². The van der Waals surface area contributed by atoms with Gasteiger partial charge in [-0.2, -0.15) is 0 Å². The van der Waals surface area contributed by atoms with Gasteiger partial charge in [0.2, 0.25) is 0 Å². The lowest BCUT2D eigenvalue weighted by molar-refractivity contribution is -0.180. The summed E-state index contributed by atoms with van der Waals surface area (Å²) >= 11 is 0. The summed E-state index contributed by atoms with van der Waals surface area (Å²) in [5.74, 6) is -1.57. The molecule has 1 aromatic rings. The van der Waals surface area contributed by atoms with Gasteiger partial charge in [-0.05, 0) is 30.9 Å². The van der Waals surface area contributed by atoms with Gasteiger partial charge in [-0.25, -0.2) is 4.79 Å². The third-order valence-corrected chi connectivity index (χ3v) is 7.03. The van der Waals surface area contributed by atoms with Crippen LogP contribution in [0.4, 0.5) is 0 Å². The molecule has 1 spiro atoms. The quantitative estimate of drug-likeness (QED) is 0.570. The summed E-state index contributed by atoms with van der Waals surface area (Å²) in [7, 11) is 0. The molecule has 0 bridgehead atoms. The number of hydrogen-bond donors (Lipinski definition) is 0. The molecule has 3 heterocycles. The highest BCUT2D eigenvalue weighted by atomic mass is 16.6. The number of rotatable bonds is 2. The second kappa shape index (κ2) is 5.96. The van der Waals surface area contributed by atoms with Gasteiger partial charge in [-0.3, -0.25) is 9.59 Å². The average molecular weight is 386 g/mol. The zero-order chi connectivity index (χ0) is 19.6. The first-order chi connectivity index (χ1) is 13.4. The number of carbonyl (C=O) groups excluding carboxylic acids is 3. The third kappa shape index (κ3) is 2.19. The van der Waals surface area contributed by atoms with E-state index in [1.807, 2.05) is 6.92 Å². The van der Waals surface area contributed by atoms with Gasteiger partial charge in [0, 0.05) is 36.3 Å². The van der Waals surface area contributed by atoms with E-state index in [9.17, 15) is 14.4 Å². The molecule has 2 aliphatic carbocycles. The Labute approximate surface area is 162 Å². The van der Waals surface area contributed by atoms with Crippen molar-refractivity contribution in [1.82, 2.24) is 0 Å². The lowest BCUT2D eigenvalue weighted by Gasteiger charge is -2.50. The van der Waals surface area contributed by atoms with Crippen molar-refractivity contribution in [2.24, 2.45) is 17.3 Å². The number of ether oxygens (including phenoxy) is 3. The van der Waals surface area contributed by atoms with Crippen molar-refractivity contribution >= 4 is 17.9 Å². The van der Waals surface area contributed by atoms with E-state index in [2.05, 4.69) is 0 Å². The van der Waals surface area contributed by atoms with Gasteiger partial charge in [-0.15, -0.1) is 0 Å². The topological polar surface area (TPSA) is 92.0 Å². The first-order valence-electron chi connectivity index (χ1n) is 9.77. The zero-order valence-electron chi connectivity index (χ0n) is 15.8. The molecule has 0 N–H and O–H groups in total. The van der Waals surface area contributed by atoms with Crippen LogP contribution in [0.2, 0.25) is 0 Å². The second-order valence-electron chi connectivity index (χ2n) is 8.26. The fraction of sp³-hybridized carbons (Fsp3) is 0.571. The van der Waals surface area contributed by atoms with Crippen molar-refractivity contribution in [1.29, 1.82) is 0 Å². The summed E-state index contributed by atoms with van der Waals surface area (Å²) in [6.07, 6.45) is 4.15. The molecule has 0 amide bonds. The molecule has 28 heavy (non-hydrogen) atoms. The molecule has 2 fully saturated rings. The van der Waals surface area contributed by atoms with Crippen molar-refractivity contribution in [3.63, 3.8) is 0 Å². The molecule has 0 radical (unpaired) electrons. The maximum absolute atomic E-state index is 13.3. The van der Waals surface area contributed by atoms with E-state index in [4.69, 9.17) is 18.6 Å². The Balaban J connectivity index is 1.63. The maximum atomic E-state index is 13.3. The monoisotopic (exact) mass is 386 g/mol. The van der Waals surface area contributed by atoms with Crippen LogP contribution in [0.25, 0.3) is 0 Å². The molecule has 1 aromatic heterocycles. The lowest BCUT2D eigenvalue weighted by atomic mass is 9.53. The summed E-state index contributed by atoms with van der Waals surface area (Å²) in [6, 6.07) is 1.80. The van der Waals surface area contributed by atoms with Crippen molar-refractivity contribution in [3.8, 4) is 0 Å². The van der Waals surface area contributed by atoms with Gasteiger partial charge in [0.05, 0.1) is 17.9 Å². The minimum absolute atomic E-state index is 0.140. The third-order valence-electron chi connectivity index (χ3n) is 7.03. The summed E-state index contributed by atoms with van der Waals surface area (Å²) in [4.78, 5) is 37.6. The number of cyclic esters (lactones) is 1.